The Morgan fingerprint density at radius 1 is 1.05 bits per heavy atom. The molecule has 0 radical (unpaired) electrons. The lowest BCUT2D eigenvalue weighted by atomic mass is 10.0. The second-order valence-corrected chi connectivity index (χ2v) is 5.85. The van der Waals surface area contributed by atoms with Gasteiger partial charge in [-0.25, -0.2) is 0 Å². The van der Waals surface area contributed by atoms with E-state index < -0.39 is 0 Å². The van der Waals surface area contributed by atoms with Crippen LogP contribution in [0.25, 0.3) is 11.0 Å². The zero-order chi connectivity index (χ0) is 14.9. The van der Waals surface area contributed by atoms with E-state index in [0.29, 0.717) is 11.7 Å². The van der Waals surface area contributed by atoms with Gasteiger partial charge in [-0.1, -0.05) is 48.5 Å². The van der Waals surface area contributed by atoms with Crippen LogP contribution in [0.5, 0.6) is 0 Å². The van der Waals surface area contributed by atoms with Gasteiger partial charge >= 0.3 is 0 Å². The molecule has 1 amide bonds. The molecule has 1 fully saturated rings. The van der Waals surface area contributed by atoms with Crippen LogP contribution in [0.2, 0.25) is 0 Å². The maximum atomic E-state index is 12.5. The van der Waals surface area contributed by atoms with Crippen LogP contribution in [0.3, 0.4) is 0 Å². The van der Waals surface area contributed by atoms with E-state index in [9.17, 15) is 4.79 Å². The van der Waals surface area contributed by atoms with Crippen LogP contribution >= 0.6 is 0 Å². The van der Waals surface area contributed by atoms with Crippen LogP contribution < -0.4 is 5.32 Å². The highest BCUT2D eigenvalue weighted by atomic mass is 16.3. The molecule has 22 heavy (non-hydrogen) atoms. The maximum absolute atomic E-state index is 12.5. The van der Waals surface area contributed by atoms with Gasteiger partial charge in [-0.05, 0) is 36.5 Å². The molecule has 3 heteroatoms. The van der Waals surface area contributed by atoms with E-state index in [0.717, 1.165) is 16.5 Å². The molecule has 3 nitrogen and oxygen atoms in total. The van der Waals surface area contributed by atoms with Crippen LogP contribution in [0.4, 0.5) is 0 Å². The predicted octanol–water partition coefficient (Wildman–Crippen LogP) is 4.31. The monoisotopic (exact) mass is 291 g/mol. The SMILES string of the molecule is O=C(N[C@H](c1ccccc1)C1CC1)c1cc2ccccc2o1. The second kappa shape index (κ2) is 5.34. The third-order valence-corrected chi connectivity index (χ3v) is 4.19. The Labute approximate surface area is 128 Å². The molecule has 1 heterocycles. The van der Waals surface area contributed by atoms with Gasteiger partial charge in [0.25, 0.3) is 5.91 Å². The summed E-state index contributed by atoms with van der Waals surface area (Å²) in [5.41, 5.74) is 1.91. The topological polar surface area (TPSA) is 42.2 Å². The fourth-order valence-corrected chi connectivity index (χ4v) is 2.87. The molecule has 1 aromatic heterocycles. The molecule has 1 aliphatic carbocycles. The summed E-state index contributed by atoms with van der Waals surface area (Å²) in [7, 11) is 0. The third-order valence-electron chi connectivity index (χ3n) is 4.19. The van der Waals surface area contributed by atoms with E-state index in [1.807, 2.05) is 42.5 Å². The van der Waals surface area contributed by atoms with Crippen molar-refractivity contribution in [1.29, 1.82) is 0 Å². The number of furan rings is 1. The summed E-state index contributed by atoms with van der Waals surface area (Å²) >= 11 is 0. The van der Waals surface area contributed by atoms with Gasteiger partial charge in [0.2, 0.25) is 0 Å². The van der Waals surface area contributed by atoms with Crippen molar-refractivity contribution < 1.29 is 9.21 Å². The summed E-state index contributed by atoms with van der Waals surface area (Å²) in [6.07, 6.45) is 2.33. The normalized spacial score (nSPS) is 15.6. The Bertz CT molecular complexity index is 769. The van der Waals surface area contributed by atoms with Gasteiger partial charge in [0.15, 0.2) is 5.76 Å². The van der Waals surface area contributed by atoms with Crippen LogP contribution in [0, 0.1) is 5.92 Å². The Hall–Kier alpha value is -2.55. The van der Waals surface area contributed by atoms with Crippen LogP contribution in [0.1, 0.15) is 35.0 Å². The number of para-hydroxylation sites is 1. The lowest BCUT2D eigenvalue weighted by Gasteiger charge is -2.18. The van der Waals surface area contributed by atoms with Gasteiger partial charge in [-0.15, -0.1) is 0 Å². The molecule has 0 bridgehead atoms. The lowest BCUT2D eigenvalue weighted by Crippen LogP contribution is -2.29. The number of amides is 1. The molecule has 1 aliphatic rings. The average Bonchev–Trinajstić information content (AvgIpc) is 3.30. The van der Waals surface area contributed by atoms with E-state index in [1.165, 1.54) is 12.8 Å². The van der Waals surface area contributed by atoms with Gasteiger partial charge in [-0.2, -0.15) is 0 Å². The summed E-state index contributed by atoms with van der Waals surface area (Å²) in [5.74, 6) is 0.774. The van der Waals surface area contributed by atoms with E-state index in [2.05, 4.69) is 17.4 Å². The molecule has 3 aromatic rings. The average molecular weight is 291 g/mol. The van der Waals surface area contributed by atoms with Crippen LogP contribution in [-0.2, 0) is 0 Å². The smallest absolute Gasteiger partial charge is 0.287 e. The van der Waals surface area contributed by atoms with E-state index >= 15 is 0 Å². The fourth-order valence-electron chi connectivity index (χ4n) is 2.87. The van der Waals surface area contributed by atoms with Crippen LogP contribution in [0.15, 0.2) is 65.1 Å². The Morgan fingerprint density at radius 3 is 2.50 bits per heavy atom. The summed E-state index contributed by atoms with van der Waals surface area (Å²) in [5, 5.41) is 4.09. The van der Waals surface area contributed by atoms with Crippen molar-refractivity contribution in [3.8, 4) is 0 Å². The predicted molar refractivity (Wildman–Crippen MR) is 85.6 cm³/mol. The Kier molecular flexibility index (Phi) is 3.19. The van der Waals surface area contributed by atoms with Crippen LogP contribution in [-0.4, -0.2) is 5.91 Å². The van der Waals surface area contributed by atoms with Gasteiger partial charge in [0, 0.05) is 5.39 Å². The van der Waals surface area contributed by atoms with Crippen molar-refractivity contribution >= 4 is 16.9 Å². The van der Waals surface area contributed by atoms with Gasteiger partial charge in [0.05, 0.1) is 6.04 Å². The van der Waals surface area contributed by atoms with Crippen molar-refractivity contribution in [3.05, 3.63) is 72.0 Å². The minimum atomic E-state index is -0.142. The van der Waals surface area contributed by atoms with Crippen molar-refractivity contribution in [2.45, 2.75) is 18.9 Å². The molecule has 0 spiro atoms. The van der Waals surface area contributed by atoms with Gasteiger partial charge in [0.1, 0.15) is 5.58 Å². The molecule has 2 aromatic carbocycles. The largest absolute Gasteiger partial charge is 0.451 e. The van der Waals surface area contributed by atoms with Crippen molar-refractivity contribution in [1.82, 2.24) is 5.32 Å². The number of benzene rings is 2. The molecule has 1 saturated carbocycles. The minimum Gasteiger partial charge on any atom is -0.451 e. The van der Waals surface area contributed by atoms with E-state index in [4.69, 9.17) is 4.42 Å². The fraction of sp³-hybridized carbons (Fsp3) is 0.211. The number of carbonyl (C=O) groups is 1. The number of nitrogens with one attached hydrogen (secondary N) is 1. The van der Waals surface area contributed by atoms with Crippen molar-refractivity contribution in [3.63, 3.8) is 0 Å². The second-order valence-electron chi connectivity index (χ2n) is 5.85. The summed E-state index contributed by atoms with van der Waals surface area (Å²) in [4.78, 5) is 12.5. The van der Waals surface area contributed by atoms with Crippen molar-refractivity contribution in [2.24, 2.45) is 5.92 Å². The molecule has 4 rings (SSSR count). The third kappa shape index (κ3) is 2.50. The molecular weight excluding hydrogens is 274 g/mol. The summed E-state index contributed by atoms with van der Waals surface area (Å²) in [6.45, 7) is 0. The highest BCUT2D eigenvalue weighted by Crippen LogP contribution is 2.41. The van der Waals surface area contributed by atoms with E-state index in [-0.39, 0.29) is 11.9 Å². The first-order valence-corrected chi connectivity index (χ1v) is 7.65. The molecule has 0 unspecified atom stereocenters. The molecule has 0 aliphatic heterocycles. The highest BCUT2D eigenvalue weighted by molar-refractivity contribution is 5.96. The number of fused-ring (bicyclic) bond motifs is 1. The zero-order valence-corrected chi connectivity index (χ0v) is 12.2. The molecule has 110 valence electrons. The standard InChI is InChI=1S/C19H17NO2/c21-19(17-12-15-8-4-5-9-16(15)22-17)20-18(14-10-11-14)13-6-2-1-3-7-13/h1-9,12,14,18H,10-11H2,(H,20,21)/t18-/m1/s1. The number of hydrogen-bond acceptors (Lipinski definition) is 2. The molecule has 0 saturated heterocycles. The molecule has 1 N–H and O–H groups in total. The van der Waals surface area contributed by atoms with Gasteiger partial charge in [-0.3, -0.25) is 4.79 Å². The number of carbonyl (C=O) groups excluding carboxylic acids is 1. The van der Waals surface area contributed by atoms with E-state index in [1.54, 1.807) is 6.07 Å². The quantitative estimate of drug-likeness (QED) is 0.778. The van der Waals surface area contributed by atoms with Gasteiger partial charge < -0.3 is 9.73 Å². The number of hydrogen-bond donors (Lipinski definition) is 1. The first-order valence-electron chi connectivity index (χ1n) is 7.65. The Balaban J connectivity index is 1.59. The zero-order valence-electron chi connectivity index (χ0n) is 12.2. The minimum absolute atomic E-state index is 0.0712. The Morgan fingerprint density at radius 2 is 1.77 bits per heavy atom. The molecular formula is C19H17NO2. The summed E-state index contributed by atoms with van der Waals surface area (Å²) < 4.78 is 5.65. The molecule has 1 atom stereocenters. The first-order chi connectivity index (χ1) is 10.8. The first kappa shape index (κ1) is 13.1. The highest BCUT2D eigenvalue weighted by Gasteiger charge is 2.33. The summed E-state index contributed by atoms with van der Waals surface area (Å²) in [6, 6.07) is 19.7. The maximum Gasteiger partial charge on any atom is 0.287 e. The number of rotatable bonds is 4. The van der Waals surface area contributed by atoms with Crippen molar-refractivity contribution in [2.75, 3.05) is 0 Å². The lowest BCUT2D eigenvalue weighted by molar-refractivity contribution is 0.0905.